The molecular weight excluding hydrogens is 232 g/mol. The fourth-order valence-electron chi connectivity index (χ4n) is 1.66. The number of rotatable bonds is 10. The number of ether oxygens (including phenoxy) is 1. The van der Waals surface area contributed by atoms with Gasteiger partial charge < -0.3 is 9.84 Å². The Balaban J connectivity index is 3.72. The molecule has 0 saturated heterocycles. The standard InChI is InChI=1S/C14H26O4/c1-4-5-6-7-8-9-13(16)12(3)18-14(17)10-11(2)15/h11-12,15H,4-10H2,1-3H3. The minimum Gasteiger partial charge on any atom is -0.455 e. The number of hydrogen-bond donors (Lipinski definition) is 1. The van der Waals surface area contributed by atoms with Crippen molar-refractivity contribution in [2.75, 3.05) is 0 Å². The minimum absolute atomic E-state index is 0.0366. The smallest absolute Gasteiger partial charge is 0.309 e. The molecule has 4 nitrogen and oxygen atoms in total. The Labute approximate surface area is 110 Å². The monoisotopic (exact) mass is 258 g/mol. The van der Waals surface area contributed by atoms with Crippen LogP contribution in [0.3, 0.4) is 0 Å². The number of carbonyl (C=O) groups excluding carboxylic acids is 2. The maximum atomic E-state index is 11.7. The van der Waals surface area contributed by atoms with Gasteiger partial charge in [-0.1, -0.05) is 32.6 Å². The van der Waals surface area contributed by atoms with Gasteiger partial charge in [-0.15, -0.1) is 0 Å². The molecule has 0 saturated carbocycles. The number of esters is 1. The Hall–Kier alpha value is -0.900. The largest absolute Gasteiger partial charge is 0.455 e. The van der Waals surface area contributed by atoms with Crippen molar-refractivity contribution in [2.45, 2.75) is 77.9 Å². The average molecular weight is 258 g/mol. The number of hydrogen-bond acceptors (Lipinski definition) is 4. The van der Waals surface area contributed by atoms with Gasteiger partial charge in [0.1, 0.15) is 0 Å². The summed E-state index contributed by atoms with van der Waals surface area (Å²) in [6.07, 6.45) is 4.43. The molecule has 0 radical (unpaired) electrons. The third kappa shape index (κ3) is 9.16. The predicted octanol–water partition coefficient (Wildman–Crippen LogP) is 2.62. The highest BCUT2D eigenvalue weighted by atomic mass is 16.5. The van der Waals surface area contributed by atoms with Crippen molar-refractivity contribution < 1.29 is 19.4 Å². The van der Waals surface area contributed by atoms with E-state index in [1.165, 1.54) is 19.8 Å². The summed E-state index contributed by atoms with van der Waals surface area (Å²) >= 11 is 0. The van der Waals surface area contributed by atoms with Crippen LogP contribution < -0.4 is 0 Å². The number of aliphatic hydroxyl groups excluding tert-OH is 1. The fraction of sp³-hybridized carbons (Fsp3) is 0.857. The van der Waals surface area contributed by atoms with Crippen LogP contribution in [-0.4, -0.2) is 29.1 Å². The Kier molecular flexibility index (Phi) is 9.56. The quantitative estimate of drug-likeness (QED) is 0.483. The topological polar surface area (TPSA) is 63.6 Å². The number of carbonyl (C=O) groups is 2. The molecule has 1 N–H and O–H groups in total. The molecule has 0 aliphatic carbocycles. The Morgan fingerprint density at radius 2 is 1.72 bits per heavy atom. The average Bonchev–Trinajstić information content (AvgIpc) is 2.27. The van der Waals surface area contributed by atoms with Gasteiger partial charge in [-0.05, 0) is 20.3 Å². The van der Waals surface area contributed by atoms with Crippen LogP contribution >= 0.6 is 0 Å². The highest BCUT2D eigenvalue weighted by Crippen LogP contribution is 2.08. The van der Waals surface area contributed by atoms with E-state index in [4.69, 9.17) is 9.84 Å². The second-order valence-electron chi connectivity index (χ2n) is 4.82. The van der Waals surface area contributed by atoms with Gasteiger partial charge in [0, 0.05) is 6.42 Å². The summed E-state index contributed by atoms with van der Waals surface area (Å²) in [6, 6.07) is 0. The van der Waals surface area contributed by atoms with E-state index in [0.29, 0.717) is 6.42 Å². The van der Waals surface area contributed by atoms with E-state index >= 15 is 0 Å². The summed E-state index contributed by atoms with van der Waals surface area (Å²) in [6.45, 7) is 5.25. The first-order chi connectivity index (χ1) is 8.47. The van der Waals surface area contributed by atoms with Crippen LogP contribution in [0.5, 0.6) is 0 Å². The van der Waals surface area contributed by atoms with Gasteiger partial charge in [0.05, 0.1) is 12.5 Å². The summed E-state index contributed by atoms with van der Waals surface area (Å²) in [5.74, 6) is -0.553. The lowest BCUT2D eigenvalue weighted by atomic mass is 10.1. The SMILES string of the molecule is CCCCCCCC(=O)C(C)OC(=O)CC(C)O. The van der Waals surface area contributed by atoms with Crippen LogP contribution in [0.4, 0.5) is 0 Å². The van der Waals surface area contributed by atoms with Crippen LogP contribution in [0.1, 0.15) is 65.7 Å². The van der Waals surface area contributed by atoms with Gasteiger partial charge >= 0.3 is 5.97 Å². The molecule has 0 bridgehead atoms. The molecule has 0 rings (SSSR count). The van der Waals surface area contributed by atoms with Crippen LogP contribution in [0.15, 0.2) is 0 Å². The maximum absolute atomic E-state index is 11.7. The Morgan fingerprint density at radius 3 is 2.28 bits per heavy atom. The first-order valence-electron chi connectivity index (χ1n) is 6.87. The molecule has 0 aliphatic rings. The van der Waals surface area contributed by atoms with E-state index in [1.807, 2.05) is 0 Å². The van der Waals surface area contributed by atoms with Crippen LogP contribution in [0.2, 0.25) is 0 Å². The number of aliphatic hydroxyl groups is 1. The molecule has 2 atom stereocenters. The molecule has 18 heavy (non-hydrogen) atoms. The summed E-state index contributed by atoms with van der Waals surface area (Å²) in [4.78, 5) is 22.9. The van der Waals surface area contributed by atoms with Crippen molar-refractivity contribution in [2.24, 2.45) is 0 Å². The maximum Gasteiger partial charge on any atom is 0.309 e. The molecule has 0 aliphatic heterocycles. The van der Waals surface area contributed by atoms with Crippen LogP contribution in [0.25, 0.3) is 0 Å². The Bertz CT molecular complexity index is 248. The lowest BCUT2D eigenvalue weighted by molar-refractivity contribution is -0.155. The summed E-state index contributed by atoms with van der Waals surface area (Å²) in [5.41, 5.74) is 0. The summed E-state index contributed by atoms with van der Waals surface area (Å²) in [5, 5.41) is 9.01. The molecule has 4 heteroatoms. The lowest BCUT2D eigenvalue weighted by Crippen LogP contribution is -2.25. The van der Waals surface area contributed by atoms with Crippen molar-refractivity contribution in [1.29, 1.82) is 0 Å². The van der Waals surface area contributed by atoms with E-state index in [2.05, 4.69) is 6.92 Å². The highest BCUT2D eigenvalue weighted by Gasteiger charge is 2.18. The molecule has 0 amide bonds. The van der Waals surface area contributed by atoms with Gasteiger partial charge in [0.2, 0.25) is 0 Å². The zero-order chi connectivity index (χ0) is 14.0. The van der Waals surface area contributed by atoms with Gasteiger partial charge in [-0.3, -0.25) is 9.59 Å². The zero-order valence-corrected chi connectivity index (χ0v) is 11.8. The molecule has 0 heterocycles. The first kappa shape index (κ1) is 17.1. The lowest BCUT2D eigenvalue weighted by Gasteiger charge is -2.12. The van der Waals surface area contributed by atoms with Crippen molar-refractivity contribution >= 4 is 11.8 Å². The van der Waals surface area contributed by atoms with Gasteiger partial charge in [-0.2, -0.15) is 0 Å². The Morgan fingerprint density at radius 1 is 1.11 bits per heavy atom. The van der Waals surface area contributed by atoms with E-state index in [-0.39, 0.29) is 12.2 Å². The molecule has 0 aromatic carbocycles. The minimum atomic E-state index is -0.728. The molecule has 2 unspecified atom stereocenters. The number of ketones is 1. The van der Waals surface area contributed by atoms with E-state index in [1.54, 1.807) is 6.92 Å². The van der Waals surface area contributed by atoms with Crippen molar-refractivity contribution in [3.8, 4) is 0 Å². The molecule has 106 valence electrons. The van der Waals surface area contributed by atoms with Crippen LogP contribution in [-0.2, 0) is 14.3 Å². The van der Waals surface area contributed by atoms with Crippen LogP contribution in [0, 0.1) is 0 Å². The molecule has 0 aromatic rings. The second kappa shape index (κ2) is 10.1. The highest BCUT2D eigenvalue weighted by molar-refractivity contribution is 5.85. The van der Waals surface area contributed by atoms with Gasteiger partial charge in [0.25, 0.3) is 0 Å². The molecule has 0 spiro atoms. The third-order valence-electron chi connectivity index (χ3n) is 2.75. The summed E-state index contributed by atoms with van der Waals surface area (Å²) < 4.78 is 4.95. The third-order valence-corrected chi connectivity index (χ3v) is 2.75. The second-order valence-corrected chi connectivity index (χ2v) is 4.82. The zero-order valence-electron chi connectivity index (χ0n) is 11.8. The summed E-state index contributed by atoms with van der Waals surface area (Å²) in [7, 11) is 0. The fourth-order valence-corrected chi connectivity index (χ4v) is 1.66. The predicted molar refractivity (Wildman–Crippen MR) is 70.2 cm³/mol. The normalized spacial score (nSPS) is 14.0. The molecule has 0 fully saturated rings. The van der Waals surface area contributed by atoms with E-state index in [0.717, 1.165) is 19.3 Å². The van der Waals surface area contributed by atoms with Crippen molar-refractivity contribution in [1.82, 2.24) is 0 Å². The number of Topliss-reactive ketones (excluding diaryl/α,β-unsaturated/α-hetero) is 1. The van der Waals surface area contributed by atoms with E-state index < -0.39 is 18.2 Å². The molecular formula is C14H26O4. The van der Waals surface area contributed by atoms with Gasteiger partial charge in [0.15, 0.2) is 11.9 Å². The first-order valence-corrected chi connectivity index (χ1v) is 6.87. The van der Waals surface area contributed by atoms with Gasteiger partial charge in [-0.25, -0.2) is 0 Å². The van der Waals surface area contributed by atoms with Crippen molar-refractivity contribution in [3.05, 3.63) is 0 Å². The molecule has 0 aromatic heterocycles. The van der Waals surface area contributed by atoms with Crippen molar-refractivity contribution in [3.63, 3.8) is 0 Å². The number of unbranched alkanes of at least 4 members (excludes halogenated alkanes) is 4. The van der Waals surface area contributed by atoms with E-state index in [9.17, 15) is 9.59 Å².